The summed E-state index contributed by atoms with van der Waals surface area (Å²) >= 11 is 5.86. The van der Waals surface area contributed by atoms with Crippen LogP contribution in [0.2, 0.25) is 5.02 Å². The largest absolute Gasteiger partial charge is 0.378 e. The molecule has 0 aliphatic rings. The summed E-state index contributed by atoms with van der Waals surface area (Å²) in [6, 6.07) is 33.5. The van der Waals surface area contributed by atoms with Crippen molar-refractivity contribution in [3.05, 3.63) is 154 Å². The SMILES string of the molecule is CN(C)c1ccc(C=CC(=O)C=Cc2ccc(C#N)cc2)cc1.CN(C)c1ccc(C=CCC=Cc2ccc(Cl)cc2)cc1. The molecule has 0 spiro atoms. The lowest BCUT2D eigenvalue weighted by molar-refractivity contribution is -0.110. The zero-order valence-corrected chi connectivity index (χ0v) is 26.4. The van der Waals surface area contributed by atoms with Gasteiger partial charge in [0.2, 0.25) is 0 Å². The predicted molar refractivity (Wildman–Crippen MR) is 190 cm³/mol. The maximum atomic E-state index is 11.9. The highest BCUT2D eigenvalue weighted by Gasteiger charge is 1.96. The normalized spacial score (nSPS) is 11.1. The molecule has 0 aliphatic carbocycles. The number of ketones is 1. The summed E-state index contributed by atoms with van der Waals surface area (Å²) in [7, 11) is 8.07. The monoisotopic (exact) mass is 599 g/mol. The first kappa shape index (κ1) is 33.4. The molecule has 0 aliphatic heterocycles. The predicted octanol–water partition coefficient (Wildman–Crippen LogP) is 9.44. The van der Waals surface area contributed by atoms with Crippen LogP contribution in [-0.2, 0) is 4.79 Å². The first-order chi connectivity index (χ1) is 21.2. The van der Waals surface area contributed by atoms with Crippen LogP contribution >= 0.6 is 11.6 Å². The first-order valence-electron chi connectivity index (χ1n) is 14.3. The van der Waals surface area contributed by atoms with E-state index in [0.717, 1.165) is 28.3 Å². The zero-order chi connectivity index (χ0) is 31.7. The Kier molecular flexibility index (Phi) is 13.5. The van der Waals surface area contributed by atoms with E-state index in [1.54, 1.807) is 30.4 Å². The maximum absolute atomic E-state index is 11.9. The Bertz CT molecular complexity index is 1620. The van der Waals surface area contributed by atoms with Crippen molar-refractivity contribution in [2.24, 2.45) is 0 Å². The van der Waals surface area contributed by atoms with E-state index < -0.39 is 0 Å². The molecule has 0 N–H and O–H groups in total. The number of carbonyl (C=O) groups is 1. The van der Waals surface area contributed by atoms with E-state index in [0.29, 0.717) is 5.56 Å². The van der Waals surface area contributed by atoms with E-state index >= 15 is 0 Å². The van der Waals surface area contributed by atoms with Crippen molar-refractivity contribution in [1.82, 2.24) is 0 Å². The molecule has 0 heterocycles. The van der Waals surface area contributed by atoms with Crippen molar-refractivity contribution in [3.63, 3.8) is 0 Å². The minimum atomic E-state index is -0.0777. The van der Waals surface area contributed by atoms with Crippen molar-refractivity contribution in [2.75, 3.05) is 38.0 Å². The molecule has 4 aromatic rings. The van der Waals surface area contributed by atoms with Gasteiger partial charge in [-0.05, 0) is 89.4 Å². The van der Waals surface area contributed by atoms with Crippen LogP contribution in [0.1, 0.15) is 34.2 Å². The van der Waals surface area contributed by atoms with E-state index in [1.165, 1.54) is 22.9 Å². The van der Waals surface area contributed by atoms with E-state index in [1.807, 2.05) is 93.8 Å². The Morgan fingerprint density at radius 3 is 1.36 bits per heavy atom. The van der Waals surface area contributed by atoms with Gasteiger partial charge in [0.25, 0.3) is 0 Å². The summed E-state index contributed by atoms with van der Waals surface area (Å²) in [5, 5.41) is 9.51. The molecule has 0 fully saturated rings. The minimum Gasteiger partial charge on any atom is -0.378 e. The number of benzene rings is 4. The number of allylic oxidation sites excluding steroid dienone is 4. The fourth-order valence-electron chi connectivity index (χ4n) is 3.91. The molecule has 4 nitrogen and oxygen atoms in total. The van der Waals surface area contributed by atoms with Crippen LogP contribution in [0.4, 0.5) is 11.4 Å². The molecule has 222 valence electrons. The quantitative estimate of drug-likeness (QED) is 0.170. The van der Waals surface area contributed by atoms with Gasteiger partial charge in [-0.2, -0.15) is 5.26 Å². The van der Waals surface area contributed by atoms with E-state index in [4.69, 9.17) is 16.9 Å². The molecular formula is C39H38ClN3O. The third-order valence-corrected chi connectivity index (χ3v) is 6.75. The number of halogens is 1. The van der Waals surface area contributed by atoms with Gasteiger partial charge in [-0.25, -0.2) is 0 Å². The fourth-order valence-corrected chi connectivity index (χ4v) is 4.03. The Hall–Kier alpha value is -5.11. The van der Waals surface area contributed by atoms with Gasteiger partial charge in [-0.3, -0.25) is 4.79 Å². The molecule has 44 heavy (non-hydrogen) atoms. The van der Waals surface area contributed by atoms with Crippen LogP contribution in [0.5, 0.6) is 0 Å². The van der Waals surface area contributed by atoms with Gasteiger partial charge < -0.3 is 9.80 Å². The molecule has 0 amide bonds. The van der Waals surface area contributed by atoms with Gasteiger partial charge in [0.1, 0.15) is 0 Å². The van der Waals surface area contributed by atoms with Gasteiger partial charge >= 0.3 is 0 Å². The molecule has 0 unspecified atom stereocenters. The summed E-state index contributed by atoms with van der Waals surface area (Å²) in [5.74, 6) is -0.0777. The second-order valence-electron chi connectivity index (χ2n) is 10.4. The van der Waals surface area contributed by atoms with E-state index in [9.17, 15) is 4.79 Å². The van der Waals surface area contributed by atoms with E-state index in [2.05, 4.69) is 59.5 Å². The van der Waals surface area contributed by atoms with Crippen molar-refractivity contribution < 1.29 is 4.79 Å². The minimum absolute atomic E-state index is 0.0777. The molecule has 4 aromatic carbocycles. The highest BCUT2D eigenvalue weighted by atomic mass is 35.5. The number of hydrogen-bond donors (Lipinski definition) is 0. The van der Waals surface area contributed by atoms with E-state index in [-0.39, 0.29) is 5.78 Å². The summed E-state index contributed by atoms with van der Waals surface area (Å²) in [6.07, 6.45) is 16.1. The van der Waals surface area contributed by atoms with Gasteiger partial charge in [0, 0.05) is 44.6 Å². The van der Waals surface area contributed by atoms with Crippen LogP contribution in [0.3, 0.4) is 0 Å². The van der Waals surface area contributed by atoms with Crippen LogP contribution in [0.25, 0.3) is 24.3 Å². The Morgan fingerprint density at radius 1 is 0.614 bits per heavy atom. The van der Waals surface area contributed by atoms with Crippen LogP contribution in [0.15, 0.2) is 121 Å². The highest BCUT2D eigenvalue weighted by Crippen LogP contribution is 2.15. The molecule has 0 atom stereocenters. The van der Waals surface area contributed by atoms with Crippen molar-refractivity contribution in [3.8, 4) is 6.07 Å². The second kappa shape index (κ2) is 17.8. The Morgan fingerprint density at radius 2 is 0.977 bits per heavy atom. The number of hydrogen-bond acceptors (Lipinski definition) is 4. The molecule has 0 radical (unpaired) electrons. The third kappa shape index (κ3) is 12.0. The number of rotatable bonds is 10. The number of nitrogens with zero attached hydrogens (tertiary/aromatic N) is 3. The van der Waals surface area contributed by atoms with Crippen LogP contribution in [-0.4, -0.2) is 34.0 Å². The maximum Gasteiger partial charge on any atom is 0.178 e. The molecule has 0 saturated heterocycles. The number of anilines is 2. The summed E-state index contributed by atoms with van der Waals surface area (Å²) in [4.78, 5) is 16.0. The second-order valence-corrected chi connectivity index (χ2v) is 10.8. The average molecular weight is 600 g/mol. The van der Waals surface area contributed by atoms with Crippen molar-refractivity contribution in [1.29, 1.82) is 5.26 Å². The van der Waals surface area contributed by atoms with Gasteiger partial charge in [-0.15, -0.1) is 0 Å². The highest BCUT2D eigenvalue weighted by molar-refractivity contribution is 6.30. The average Bonchev–Trinajstić information content (AvgIpc) is 3.04. The van der Waals surface area contributed by atoms with Gasteiger partial charge in [0.05, 0.1) is 11.6 Å². The van der Waals surface area contributed by atoms with Gasteiger partial charge in [-0.1, -0.05) is 96.6 Å². The first-order valence-corrected chi connectivity index (χ1v) is 14.6. The summed E-state index contributed by atoms with van der Waals surface area (Å²) in [5.41, 5.74) is 7.21. The smallest absolute Gasteiger partial charge is 0.178 e. The lowest BCUT2D eigenvalue weighted by atomic mass is 10.1. The summed E-state index contributed by atoms with van der Waals surface area (Å²) in [6.45, 7) is 0. The third-order valence-electron chi connectivity index (χ3n) is 6.50. The standard InChI is InChI=1S/C20H18N2O.C19H20ClN/c1-22(2)19-11-7-17(8-12-19)10-14-20(23)13-9-16-3-5-18(15-21)6-4-16;1-21(2)19-14-10-17(11-15-19)7-5-3-4-6-16-8-12-18(20)13-9-16/h3-14H,1-2H3;4-15H,3H2,1-2H3. The van der Waals surface area contributed by atoms with Crippen LogP contribution < -0.4 is 9.80 Å². The molecule has 0 aromatic heterocycles. The van der Waals surface area contributed by atoms with Crippen molar-refractivity contribution in [2.45, 2.75) is 6.42 Å². The fraction of sp³-hybridized carbons (Fsp3) is 0.128. The topological polar surface area (TPSA) is 47.3 Å². The Balaban J connectivity index is 0.000000241. The molecule has 0 bridgehead atoms. The summed E-state index contributed by atoms with van der Waals surface area (Å²) < 4.78 is 0. The van der Waals surface area contributed by atoms with Crippen molar-refractivity contribution >= 4 is 53.1 Å². The number of nitriles is 1. The Labute approximate surface area is 267 Å². The molecule has 0 saturated carbocycles. The van der Waals surface area contributed by atoms with Crippen LogP contribution in [0, 0.1) is 11.3 Å². The lowest BCUT2D eigenvalue weighted by Gasteiger charge is -2.11. The molecular weight excluding hydrogens is 562 g/mol. The van der Waals surface area contributed by atoms with Gasteiger partial charge in [0.15, 0.2) is 5.78 Å². The number of carbonyl (C=O) groups excluding carboxylic acids is 1. The molecule has 5 heteroatoms. The lowest BCUT2D eigenvalue weighted by Crippen LogP contribution is -2.07. The zero-order valence-electron chi connectivity index (χ0n) is 25.7. The molecule has 4 rings (SSSR count).